The van der Waals surface area contributed by atoms with Crippen LogP contribution >= 0.6 is 11.6 Å². The largest absolute Gasteiger partial charge is 0.198 e. The molecule has 0 spiro atoms. The highest BCUT2D eigenvalue weighted by molar-refractivity contribution is 6.30. The Morgan fingerprint density at radius 2 is 1.63 bits per heavy atom. The van der Waals surface area contributed by atoms with Gasteiger partial charge in [-0.25, -0.2) is 0 Å². The van der Waals surface area contributed by atoms with Crippen LogP contribution in [-0.2, 0) is 0 Å². The number of nitriles is 1. The van der Waals surface area contributed by atoms with E-state index in [4.69, 9.17) is 11.6 Å². The zero-order chi connectivity index (χ0) is 13.7. The summed E-state index contributed by atoms with van der Waals surface area (Å²) >= 11 is 5.89. The van der Waals surface area contributed by atoms with Gasteiger partial charge in [-0.15, -0.1) is 6.58 Å². The second-order valence-corrected chi connectivity index (χ2v) is 4.77. The summed E-state index contributed by atoms with van der Waals surface area (Å²) in [5, 5.41) is 10.2. The molecule has 0 aliphatic rings. The molecule has 2 aromatic rings. The summed E-state index contributed by atoms with van der Waals surface area (Å²) in [6, 6.07) is 19.7. The Hall–Kier alpha value is -2.04. The molecule has 0 amide bonds. The molecular formula is C17H14ClN. The second kappa shape index (κ2) is 6.22. The zero-order valence-electron chi connectivity index (χ0n) is 10.5. The monoisotopic (exact) mass is 267 g/mol. The van der Waals surface area contributed by atoms with Gasteiger partial charge in [0.05, 0.1) is 12.0 Å². The Morgan fingerprint density at radius 1 is 1.00 bits per heavy atom. The van der Waals surface area contributed by atoms with Gasteiger partial charge in [0.2, 0.25) is 0 Å². The zero-order valence-corrected chi connectivity index (χ0v) is 11.2. The molecule has 0 aliphatic carbocycles. The molecule has 2 heteroatoms. The van der Waals surface area contributed by atoms with Crippen molar-refractivity contribution in [2.75, 3.05) is 0 Å². The van der Waals surface area contributed by atoms with Crippen LogP contribution in [0, 0.1) is 11.3 Å². The minimum Gasteiger partial charge on any atom is -0.198 e. The standard InChI is InChI=1S/C17H14ClN/c1-2-16(13-6-4-3-5-7-13)17(12-19)14-8-10-15(18)11-9-14/h2-11,16-17H,1H2. The lowest BCUT2D eigenvalue weighted by Crippen LogP contribution is -2.07. The van der Waals surface area contributed by atoms with Crippen molar-refractivity contribution in [1.82, 2.24) is 0 Å². The first-order valence-corrected chi connectivity index (χ1v) is 6.46. The van der Waals surface area contributed by atoms with Crippen LogP contribution in [0.25, 0.3) is 0 Å². The van der Waals surface area contributed by atoms with Gasteiger partial charge < -0.3 is 0 Å². The van der Waals surface area contributed by atoms with Crippen LogP contribution in [0.5, 0.6) is 0 Å². The van der Waals surface area contributed by atoms with E-state index in [1.165, 1.54) is 0 Å². The van der Waals surface area contributed by atoms with Crippen molar-refractivity contribution in [3.8, 4) is 6.07 Å². The second-order valence-electron chi connectivity index (χ2n) is 4.33. The van der Waals surface area contributed by atoms with Gasteiger partial charge in [-0.1, -0.05) is 60.1 Å². The number of halogens is 1. The first-order valence-electron chi connectivity index (χ1n) is 6.09. The summed E-state index contributed by atoms with van der Waals surface area (Å²) in [6.45, 7) is 3.87. The summed E-state index contributed by atoms with van der Waals surface area (Å²) in [4.78, 5) is 0. The Balaban J connectivity index is 2.38. The summed E-state index contributed by atoms with van der Waals surface area (Å²) in [5.41, 5.74) is 2.06. The van der Waals surface area contributed by atoms with Crippen molar-refractivity contribution < 1.29 is 0 Å². The summed E-state index contributed by atoms with van der Waals surface area (Å²) in [5.74, 6) is -0.274. The van der Waals surface area contributed by atoms with Crippen molar-refractivity contribution >= 4 is 11.6 Å². The lowest BCUT2D eigenvalue weighted by atomic mass is 9.82. The fraction of sp³-hybridized carbons (Fsp3) is 0.118. The van der Waals surface area contributed by atoms with E-state index in [-0.39, 0.29) is 11.8 Å². The van der Waals surface area contributed by atoms with E-state index in [2.05, 4.69) is 12.6 Å². The quantitative estimate of drug-likeness (QED) is 0.722. The van der Waals surface area contributed by atoms with Crippen LogP contribution < -0.4 is 0 Å². The van der Waals surface area contributed by atoms with Gasteiger partial charge in [0, 0.05) is 10.9 Å². The molecule has 0 N–H and O–H groups in total. The third kappa shape index (κ3) is 3.05. The van der Waals surface area contributed by atoms with Gasteiger partial charge in [-0.2, -0.15) is 5.26 Å². The van der Waals surface area contributed by atoms with E-state index in [0.29, 0.717) is 5.02 Å². The van der Waals surface area contributed by atoms with Gasteiger partial charge in [0.1, 0.15) is 0 Å². The Morgan fingerprint density at radius 3 is 2.16 bits per heavy atom. The molecule has 94 valence electrons. The molecule has 0 radical (unpaired) electrons. The molecule has 0 aromatic heterocycles. The molecule has 0 aliphatic heterocycles. The smallest absolute Gasteiger partial charge is 0.0815 e. The average molecular weight is 268 g/mol. The molecule has 2 aromatic carbocycles. The van der Waals surface area contributed by atoms with E-state index in [9.17, 15) is 5.26 Å². The van der Waals surface area contributed by atoms with Crippen molar-refractivity contribution in [1.29, 1.82) is 5.26 Å². The fourth-order valence-corrected chi connectivity index (χ4v) is 2.30. The molecule has 0 saturated heterocycles. The van der Waals surface area contributed by atoms with Crippen LogP contribution in [0.3, 0.4) is 0 Å². The highest BCUT2D eigenvalue weighted by Gasteiger charge is 2.21. The van der Waals surface area contributed by atoms with Gasteiger partial charge >= 0.3 is 0 Å². The number of rotatable bonds is 4. The normalized spacial score (nSPS) is 13.3. The maximum atomic E-state index is 9.48. The summed E-state index contributed by atoms with van der Waals surface area (Å²) in [7, 11) is 0. The molecule has 2 unspecified atom stereocenters. The third-order valence-electron chi connectivity index (χ3n) is 3.17. The van der Waals surface area contributed by atoms with E-state index in [0.717, 1.165) is 11.1 Å². The minimum atomic E-state index is -0.253. The van der Waals surface area contributed by atoms with Crippen LogP contribution in [0.4, 0.5) is 0 Å². The minimum absolute atomic E-state index is 0.0209. The topological polar surface area (TPSA) is 23.8 Å². The van der Waals surface area contributed by atoms with Crippen molar-refractivity contribution in [2.24, 2.45) is 0 Å². The van der Waals surface area contributed by atoms with Gasteiger partial charge in [0.25, 0.3) is 0 Å². The number of hydrogen-bond acceptors (Lipinski definition) is 1. The van der Waals surface area contributed by atoms with Gasteiger partial charge in [0.15, 0.2) is 0 Å². The molecule has 2 rings (SSSR count). The van der Waals surface area contributed by atoms with Crippen LogP contribution in [0.15, 0.2) is 67.3 Å². The molecule has 0 fully saturated rings. The van der Waals surface area contributed by atoms with Crippen LogP contribution in [0.2, 0.25) is 5.02 Å². The van der Waals surface area contributed by atoms with E-state index in [1.54, 1.807) is 0 Å². The molecule has 0 saturated carbocycles. The van der Waals surface area contributed by atoms with E-state index >= 15 is 0 Å². The SMILES string of the molecule is C=CC(c1ccccc1)C(C#N)c1ccc(Cl)cc1. The van der Waals surface area contributed by atoms with Gasteiger partial charge in [-0.3, -0.25) is 0 Å². The average Bonchev–Trinajstić information content (AvgIpc) is 2.47. The molecule has 0 bridgehead atoms. The number of allylic oxidation sites excluding steroid dienone is 1. The van der Waals surface area contributed by atoms with Crippen LogP contribution in [-0.4, -0.2) is 0 Å². The Kier molecular flexibility index (Phi) is 4.39. The first kappa shape index (κ1) is 13.4. The Bertz CT molecular complexity index is 581. The van der Waals surface area contributed by atoms with Crippen molar-refractivity contribution in [3.63, 3.8) is 0 Å². The first-order chi connectivity index (χ1) is 9.26. The summed E-state index contributed by atoms with van der Waals surface area (Å²) in [6.07, 6.45) is 1.83. The molecule has 2 atom stereocenters. The number of hydrogen-bond donors (Lipinski definition) is 0. The van der Waals surface area contributed by atoms with Crippen molar-refractivity contribution in [2.45, 2.75) is 11.8 Å². The number of benzene rings is 2. The third-order valence-corrected chi connectivity index (χ3v) is 3.42. The highest BCUT2D eigenvalue weighted by atomic mass is 35.5. The van der Waals surface area contributed by atoms with Crippen LogP contribution in [0.1, 0.15) is 23.0 Å². The Labute approximate surface area is 118 Å². The lowest BCUT2D eigenvalue weighted by Gasteiger charge is -2.19. The highest BCUT2D eigenvalue weighted by Crippen LogP contribution is 2.33. The maximum absolute atomic E-state index is 9.48. The molecule has 0 heterocycles. The maximum Gasteiger partial charge on any atom is 0.0815 e. The predicted molar refractivity (Wildman–Crippen MR) is 79.2 cm³/mol. The van der Waals surface area contributed by atoms with Crippen molar-refractivity contribution in [3.05, 3.63) is 83.4 Å². The molecular weight excluding hydrogens is 254 g/mol. The van der Waals surface area contributed by atoms with E-state index < -0.39 is 0 Å². The number of nitrogens with zero attached hydrogens (tertiary/aromatic N) is 1. The lowest BCUT2D eigenvalue weighted by molar-refractivity contribution is 0.751. The molecule has 1 nitrogen and oxygen atoms in total. The van der Waals surface area contributed by atoms with Gasteiger partial charge in [-0.05, 0) is 23.3 Å². The van der Waals surface area contributed by atoms with E-state index in [1.807, 2.05) is 60.7 Å². The predicted octanol–water partition coefficient (Wildman–Crippen LogP) is 4.92. The molecule has 19 heavy (non-hydrogen) atoms. The summed E-state index contributed by atoms with van der Waals surface area (Å²) < 4.78 is 0. The fourth-order valence-electron chi connectivity index (χ4n) is 2.17.